The van der Waals surface area contributed by atoms with Crippen molar-refractivity contribution in [3.8, 4) is 0 Å². The Morgan fingerprint density at radius 3 is 2.44 bits per heavy atom. The maximum Gasteiger partial charge on any atom is 0.244 e. The molecule has 2 N–H and O–H groups in total. The van der Waals surface area contributed by atoms with Crippen LogP contribution in [-0.4, -0.2) is 43.0 Å². The van der Waals surface area contributed by atoms with Crippen LogP contribution in [0, 0.1) is 0 Å². The van der Waals surface area contributed by atoms with E-state index >= 15 is 0 Å². The SMILES string of the molecule is C[C@@H](Sc1ccc(S(=O)(=O)N(C)C)cn1)C(N)=O. The molecule has 1 aromatic rings. The Hall–Kier alpha value is -1.12. The van der Waals surface area contributed by atoms with Gasteiger partial charge in [0.15, 0.2) is 0 Å². The molecule has 1 atom stereocenters. The molecule has 0 aromatic carbocycles. The molecule has 0 unspecified atom stereocenters. The maximum atomic E-state index is 11.8. The van der Waals surface area contributed by atoms with Crippen molar-refractivity contribution in [2.75, 3.05) is 14.1 Å². The minimum absolute atomic E-state index is 0.114. The minimum atomic E-state index is -3.47. The maximum absolute atomic E-state index is 11.8. The van der Waals surface area contributed by atoms with E-state index in [0.29, 0.717) is 5.03 Å². The third-order valence-corrected chi connectivity index (χ3v) is 5.05. The third-order valence-electron chi connectivity index (χ3n) is 2.19. The highest BCUT2D eigenvalue weighted by Gasteiger charge is 2.18. The Balaban J connectivity index is 2.91. The van der Waals surface area contributed by atoms with Crippen LogP contribution in [-0.2, 0) is 14.8 Å². The molecule has 0 spiro atoms. The van der Waals surface area contributed by atoms with E-state index in [9.17, 15) is 13.2 Å². The summed E-state index contributed by atoms with van der Waals surface area (Å²) in [4.78, 5) is 15.0. The lowest BCUT2D eigenvalue weighted by molar-refractivity contribution is -0.117. The highest BCUT2D eigenvalue weighted by atomic mass is 32.2. The molecule has 0 saturated heterocycles. The summed E-state index contributed by atoms with van der Waals surface area (Å²) in [5, 5.41) is 0.146. The second kappa shape index (κ2) is 5.68. The van der Waals surface area contributed by atoms with Crippen molar-refractivity contribution < 1.29 is 13.2 Å². The van der Waals surface area contributed by atoms with Crippen LogP contribution >= 0.6 is 11.8 Å². The van der Waals surface area contributed by atoms with Gasteiger partial charge >= 0.3 is 0 Å². The fourth-order valence-corrected chi connectivity index (χ4v) is 2.63. The number of hydrogen-bond acceptors (Lipinski definition) is 5. The molecule has 0 bridgehead atoms. The fraction of sp³-hybridized carbons (Fsp3) is 0.400. The minimum Gasteiger partial charge on any atom is -0.369 e. The average molecular weight is 289 g/mol. The first-order valence-electron chi connectivity index (χ1n) is 5.09. The first kappa shape index (κ1) is 14.9. The van der Waals surface area contributed by atoms with Gasteiger partial charge in [0.25, 0.3) is 0 Å². The van der Waals surface area contributed by atoms with E-state index in [-0.39, 0.29) is 4.90 Å². The third kappa shape index (κ3) is 3.44. The molecule has 18 heavy (non-hydrogen) atoms. The second-order valence-electron chi connectivity index (χ2n) is 3.78. The van der Waals surface area contributed by atoms with Gasteiger partial charge in [-0.3, -0.25) is 4.79 Å². The van der Waals surface area contributed by atoms with Crippen LogP contribution in [0.4, 0.5) is 0 Å². The smallest absolute Gasteiger partial charge is 0.244 e. The molecular formula is C10H15N3O3S2. The molecule has 0 aliphatic heterocycles. The van der Waals surface area contributed by atoms with Crippen LogP contribution in [0.5, 0.6) is 0 Å². The van der Waals surface area contributed by atoms with Crippen molar-refractivity contribution in [3.63, 3.8) is 0 Å². The number of hydrogen-bond donors (Lipinski definition) is 1. The molecular weight excluding hydrogens is 274 g/mol. The Labute approximate surface area is 111 Å². The standard InChI is InChI=1S/C10H15N3O3S2/c1-7(10(11)14)17-9-5-4-8(6-12-9)18(15,16)13(2)3/h4-7H,1-3H3,(H2,11,14)/t7-/m1/s1. The summed E-state index contributed by atoms with van der Waals surface area (Å²) in [5.74, 6) is -0.438. The predicted octanol–water partition coefficient (Wildman–Crippen LogP) is 0.298. The summed E-state index contributed by atoms with van der Waals surface area (Å²) in [6, 6.07) is 3.01. The molecule has 1 heterocycles. The molecule has 1 aromatic heterocycles. The van der Waals surface area contributed by atoms with Crippen LogP contribution < -0.4 is 5.73 Å². The van der Waals surface area contributed by atoms with Gasteiger partial charge in [-0.15, -0.1) is 0 Å². The number of nitrogens with zero attached hydrogens (tertiary/aromatic N) is 2. The lowest BCUT2D eigenvalue weighted by atomic mass is 10.5. The van der Waals surface area contributed by atoms with Gasteiger partial charge in [0, 0.05) is 20.3 Å². The number of rotatable bonds is 5. The van der Waals surface area contributed by atoms with Crippen molar-refractivity contribution >= 4 is 27.7 Å². The summed E-state index contributed by atoms with van der Waals surface area (Å²) < 4.78 is 24.7. The van der Waals surface area contributed by atoms with E-state index in [4.69, 9.17) is 5.73 Å². The molecule has 0 aliphatic carbocycles. The molecule has 0 fully saturated rings. The van der Waals surface area contributed by atoms with Gasteiger partial charge in [-0.25, -0.2) is 17.7 Å². The zero-order valence-electron chi connectivity index (χ0n) is 10.3. The van der Waals surface area contributed by atoms with Crippen molar-refractivity contribution in [1.82, 2.24) is 9.29 Å². The molecule has 100 valence electrons. The summed E-state index contributed by atoms with van der Waals surface area (Å²) >= 11 is 1.19. The number of carbonyl (C=O) groups is 1. The van der Waals surface area contributed by atoms with Crippen LogP contribution in [0.3, 0.4) is 0 Å². The number of primary amides is 1. The number of aromatic nitrogens is 1. The van der Waals surface area contributed by atoms with Gasteiger partial charge < -0.3 is 5.73 Å². The van der Waals surface area contributed by atoms with E-state index in [1.54, 1.807) is 13.0 Å². The molecule has 0 radical (unpaired) electrons. The van der Waals surface area contributed by atoms with Crippen molar-refractivity contribution in [2.24, 2.45) is 5.73 Å². The van der Waals surface area contributed by atoms with Gasteiger partial charge in [-0.2, -0.15) is 0 Å². The summed E-state index contributed by atoms with van der Waals surface area (Å²) in [7, 11) is -0.565. The van der Waals surface area contributed by atoms with E-state index in [1.165, 1.54) is 38.1 Å². The lowest BCUT2D eigenvalue weighted by Crippen LogP contribution is -2.23. The van der Waals surface area contributed by atoms with Gasteiger partial charge in [0.05, 0.1) is 10.3 Å². The molecule has 0 saturated carbocycles. The fourth-order valence-electron chi connectivity index (χ4n) is 1.04. The summed E-state index contributed by atoms with van der Waals surface area (Å²) in [6.45, 7) is 1.67. The van der Waals surface area contributed by atoms with Crippen molar-refractivity contribution in [3.05, 3.63) is 18.3 Å². The quantitative estimate of drug-likeness (QED) is 0.787. The van der Waals surface area contributed by atoms with Crippen LogP contribution in [0.1, 0.15) is 6.92 Å². The topological polar surface area (TPSA) is 93.4 Å². The Bertz CT molecular complexity index is 526. The van der Waals surface area contributed by atoms with Gasteiger partial charge in [0.1, 0.15) is 4.90 Å². The van der Waals surface area contributed by atoms with Crippen LogP contribution in [0.15, 0.2) is 28.3 Å². The average Bonchev–Trinajstić information content (AvgIpc) is 2.29. The molecule has 0 aliphatic rings. The number of pyridine rings is 1. The number of thioether (sulfide) groups is 1. The normalized spacial score (nSPS) is 13.6. The number of sulfonamides is 1. The molecule has 1 amide bonds. The van der Waals surface area contributed by atoms with Crippen molar-refractivity contribution in [2.45, 2.75) is 22.1 Å². The summed E-state index contributed by atoms with van der Waals surface area (Å²) in [6.07, 6.45) is 1.27. The molecule has 6 nitrogen and oxygen atoms in total. The Kier molecular flexibility index (Phi) is 4.71. The van der Waals surface area contributed by atoms with Gasteiger partial charge in [-0.1, -0.05) is 11.8 Å². The van der Waals surface area contributed by atoms with E-state index in [2.05, 4.69) is 4.98 Å². The largest absolute Gasteiger partial charge is 0.369 e. The van der Waals surface area contributed by atoms with Crippen molar-refractivity contribution in [1.29, 1.82) is 0 Å². The zero-order chi connectivity index (χ0) is 13.9. The first-order valence-corrected chi connectivity index (χ1v) is 7.41. The molecule has 8 heteroatoms. The second-order valence-corrected chi connectivity index (χ2v) is 7.29. The first-order chi connectivity index (χ1) is 8.25. The van der Waals surface area contributed by atoms with E-state index in [1.807, 2.05) is 0 Å². The summed E-state index contributed by atoms with van der Waals surface area (Å²) in [5.41, 5.74) is 5.13. The highest BCUT2D eigenvalue weighted by molar-refractivity contribution is 8.00. The van der Waals surface area contributed by atoms with Crippen LogP contribution in [0.25, 0.3) is 0 Å². The lowest BCUT2D eigenvalue weighted by Gasteiger charge is -2.11. The van der Waals surface area contributed by atoms with Crippen LogP contribution in [0.2, 0.25) is 0 Å². The Morgan fingerprint density at radius 2 is 2.06 bits per heavy atom. The van der Waals surface area contributed by atoms with E-state index in [0.717, 1.165) is 4.31 Å². The number of nitrogens with two attached hydrogens (primary N) is 1. The highest BCUT2D eigenvalue weighted by Crippen LogP contribution is 2.22. The van der Waals surface area contributed by atoms with Gasteiger partial charge in [-0.05, 0) is 19.1 Å². The van der Waals surface area contributed by atoms with Gasteiger partial charge in [0.2, 0.25) is 15.9 Å². The number of amides is 1. The zero-order valence-corrected chi connectivity index (χ0v) is 12.0. The van der Waals surface area contributed by atoms with E-state index < -0.39 is 21.2 Å². The monoisotopic (exact) mass is 289 g/mol. The predicted molar refractivity (Wildman–Crippen MR) is 69.6 cm³/mol. The molecule has 1 rings (SSSR count). The number of carbonyl (C=O) groups excluding carboxylic acids is 1. The Morgan fingerprint density at radius 1 is 1.44 bits per heavy atom.